The van der Waals surface area contributed by atoms with Gasteiger partial charge in [-0.1, -0.05) is 12.1 Å². The Morgan fingerprint density at radius 2 is 1.61 bits per heavy atom. The Balaban J connectivity index is 1.56. The third-order valence-electron chi connectivity index (χ3n) is 5.15. The fraction of sp³-hybridized carbons (Fsp3) is 0.409. The molecule has 1 aliphatic heterocycles. The van der Waals surface area contributed by atoms with Gasteiger partial charge in [-0.2, -0.15) is 0 Å². The highest BCUT2D eigenvalue weighted by Crippen LogP contribution is 2.29. The number of para-hydroxylation sites is 2. The highest BCUT2D eigenvalue weighted by Gasteiger charge is 2.23. The van der Waals surface area contributed by atoms with E-state index in [1.165, 1.54) is 0 Å². The number of ether oxygens (including phenoxy) is 3. The van der Waals surface area contributed by atoms with Gasteiger partial charge in [0.1, 0.15) is 17.2 Å². The van der Waals surface area contributed by atoms with Gasteiger partial charge in [-0.25, -0.2) is 0 Å². The lowest BCUT2D eigenvalue weighted by molar-refractivity contribution is -0.131. The zero-order valence-corrected chi connectivity index (χ0v) is 16.8. The molecule has 0 atom stereocenters. The maximum absolute atomic E-state index is 12.7. The SMILES string of the molecule is COc1ccc(OC)c(CCC(=O)N2CCN(c3ccccc3OC)CC2)c1. The van der Waals surface area contributed by atoms with Gasteiger partial charge in [-0.3, -0.25) is 4.79 Å². The molecular weight excluding hydrogens is 356 g/mol. The van der Waals surface area contributed by atoms with Crippen LogP contribution in [0.2, 0.25) is 0 Å². The molecule has 0 spiro atoms. The first-order chi connectivity index (χ1) is 13.7. The second-order valence-electron chi connectivity index (χ2n) is 6.72. The van der Waals surface area contributed by atoms with E-state index in [2.05, 4.69) is 11.0 Å². The van der Waals surface area contributed by atoms with Crippen molar-refractivity contribution in [1.82, 2.24) is 4.90 Å². The number of carbonyl (C=O) groups excluding carboxylic acids is 1. The van der Waals surface area contributed by atoms with Crippen molar-refractivity contribution in [2.45, 2.75) is 12.8 Å². The van der Waals surface area contributed by atoms with Gasteiger partial charge in [0.05, 0.1) is 27.0 Å². The molecule has 1 saturated heterocycles. The molecule has 6 heteroatoms. The van der Waals surface area contributed by atoms with Crippen LogP contribution < -0.4 is 19.1 Å². The van der Waals surface area contributed by atoms with Gasteiger partial charge in [0.15, 0.2) is 0 Å². The van der Waals surface area contributed by atoms with E-state index in [1.807, 2.05) is 41.3 Å². The molecule has 0 bridgehead atoms. The minimum Gasteiger partial charge on any atom is -0.497 e. The summed E-state index contributed by atoms with van der Waals surface area (Å²) in [5, 5.41) is 0. The second-order valence-corrected chi connectivity index (χ2v) is 6.72. The van der Waals surface area contributed by atoms with Crippen LogP contribution in [-0.2, 0) is 11.2 Å². The Bertz CT molecular complexity index is 801. The number of hydrogen-bond acceptors (Lipinski definition) is 5. The summed E-state index contributed by atoms with van der Waals surface area (Å²) in [5.41, 5.74) is 2.07. The van der Waals surface area contributed by atoms with E-state index in [4.69, 9.17) is 14.2 Å². The van der Waals surface area contributed by atoms with Gasteiger partial charge in [0.25, 0.3) is 0 Å². The molecule has 1 amide bonds. The lowest BCUT2D eigenvalue weighted by Crippen LogP contribution is -2.48. The number of rotatable bonds is 7. The average molecular weight is 384 g/mol. The van der Waals surface area contributed by atoms with E-state index in [0.717, 1.165) is 41.6 Å². The molecule has 0 N–H and O–H groups in total. The summed E-state index contributed by atoms with van der Waals surface area (Å²) in [7, 11) is 4.97. The predicted molar refractivity (Wildman–Crippen MR) is 110 cm³/mol. The predicted octanol–water partition coefficient (Wildman–Crippen LogP) is 2.99. The van der Waals surface area contributed by atoms with Crippen molar-refractivity contribution >= 4 is 11.6 Å². The smallest absolute Gasteiger partial charge is 0.223 e. The van der Waals surface area contributed by atoms with Crippen molar-refractivity contribution in [3.63, 3.8) is 0 Å². The molecule has 0 unspecified atom stereocenters. The zero-order valence-electron chi connectivity index (χ0n) is 16.8. The molecule has 0 radical (unpaired) electrons. The van der Waals surface area contributed by atoms with Gasteiger partial charge < -0.3 is 24.0 Å². The molecule has 6 nitrogen and oxygen atoms in total. The molecule has 1 aliphatic rings. The number of methoxy groups -OCH3 is 3. The van der Waals surface area contributed by atoms with E-state index >= 15 is 0 Å². The van der Waals surface area contributed by atoms with Crippen molar-refractivity contribution in [2.24, 2.45) is 0 Å². The number of aryl methyl sites for hydroxylation is 1. The van der Waals surface area contributed by atoms with Crippen LogP contribution in [0, 0.1) is 0 Å². The molecule has 0 aliphatic carbocycles. The molecule has 1 fully saturated rings. The first-order valence-electron chi connectivity index (χ1n) is 9.53. The third kappa shape index (κ3) is 4.50. The number of nitrogens with zero attached hydrogens (tertiary/aromatic N) is 2. The van der Waals surface area contributed by atoms with Crippen LogP contribution in [0.15, 0.2) is 42.5 Å². The summed E-state index contributed by atoms with van der Waals surface area (Å²) in [6, 6.07) is 13.7. The van der Waals surface area contributed by atoms with Gasteiger partial charge in [0.2, 0.25) is 5.91 Å². The molecule has 2 aromatic rings. The van der Waals surface area contributed by atoms with Crippen molar-refractivity contribution in [1.29, 1.82) is 0 Å². The Kier molecular flexibility index (Phi) is 6.63. The number of amides is 1. The maximum atomic E-state index is 12.7. The highest BCUT2D eigenvalue weighted by molar-refractivity contribution is 5.77. The topological polar surface area (TPSA) is 51.2 Å². The fourth-order valence-electron chi connectivity index (χ4n) is 3.56. The average Bonchev–Trinajstić information content (AvgIpc) is 2.77. The summed E-state index contributed by atoms with van der Waals surface area (Å²) in [6.07, 6.45) is 1.09. The minimum atomic E-state index is 0.171. The second kappa shape index (κ2) is 9.35. The van der Waals surface area contributed by atoms with E-state index in [9.17, 15) is 4.79 Å². The normalized spacial score (nSPS) is 14.0. The first kappa shape index (κ1) is 19.9. The van der Waals surface area contributed by atoms with E-state index < -0.39 is 0 Å². The summed E-state index contributed by atoms with van der Waals surface area (Å²) in [6.45, 7) is 3.03. The molecule has 28 heavy (non-hydrogen) atoms. The van der Waals surface area contributed by atoms with Crippen LogP contribution in [0.5, 0.6) is 17.2 Å². The lowest BCUT2D eigenvalue weighted by Gasteiger charge is -2.36. The first-order valence-corrected chi connectivity index (χ1v) is 9.53. The molecular formula is C22H28N2O4. The van der Waals surface area contributed by atoms with Crippen molar-refractivity contribution < 1.29 is 19.0 Å². The van der Waals surface area contributed by atoms with Crippen molar-refractivity contribution in [3.05, 3.63) is 48.0 Å². The molecule has 2 aromatic carbocycles. The maximum Gasteiger partial charge on any atom is 0.223 e. The standard InChI is InChI=1S/C22H28N2O4/c1-26-18-9-10-20(27-2)17(16-18)8-11-22(25)24-14-12-23(13-15-24)19-6-4-5-7-21(19)28-3/h4-7,9-10,16H,8,11-15H2,1-3H3. The van der Waals surface area contributed by atoms with Crippen molar-refractivity contribution in [3.8, 4) is 17.2 Å². The Morgan fingerprint density at radius 1 is 0.893 bits per heavy atom. The number of hydrogen-bond donors (Lipinski definition) is 0. The Hall–Kier alpha value is -2.89. The zero-order chi connectivity index (χ0) is 19.9. The molecule has 1 heterocycles. The lowest BCUT2D eigenvalue weighted by atomic mass is 10.1. The van der Waals surface area contributed by atoms with Gasteiger partial charge in [0, 0.05) is 32.6 Å². The monoisotopic (exact) mass is 384 g/mol. The minimum absolute atomic E-state index is 0.171. The summed E-state index contributed by atoms with van der Waals surface area (Å²) in [5.74, 6) is 2.60. The van der Waals surface area contributed by atoms with E-state index in [-0.39, 0.29) is 5.91 Å². The van der Waals surface area contributed by atoms with E-state index in [1.54, 1.807) is 21.3 Å². The number of carbonyl (C=O) groups is 1. The summed E-state index contributed by atoms with van der Waals surface area (Å²) >= 11 is 0. The molecule has 3 rings (SSSR count). The largest absolute Gasteiger partial charge is 0.497 e. The number of anilines is 1. The van der Waals surface area contributed by atoms with Crippen LogP contribution in [0.4, 0.5) is 5.69 Å². The number of piperazine rings is 1. The Labute approximate surface area is 166 Å². The van der Waals surface area contributed by atoms with Crippen LogP contribution in [0.1, 0.15) is 12.0 Å². The van der Waals surface area contributed by atoms with Gasteiger partial charge >= 0.3 is 0 Å². The Morgan fingerprint density at radius 3 is 2.29 bits per heavy atom. The molecule has 0 saturated carbocycles. The van der Waals surface area contributed by atoms with Crippen LogP contribution in [0.3, 0.4) is 0 Å². The summed E-state index contributed by atoms with van der Waals surface area (Å²) < 4.78 is 16.1. The van der Waals surface area contributed by atoms with Gasteiger partial charge in [-0.05, 0) is 42.3 Å². The highest BCUT2D eigenvalue weighted by atomic mass is 16.5. The quantitative estimate of drug-likeness (QED) is 0.735. The molecule has 0 aromatic heterocycles. The third-order valence-corrected chi connectivity index (χ3v) is 5.15. The summed E-state index contributed by atoms with van der Waals surface area (Å²) in [4.78, 5) is 16.9. The van der Waals surface area contributed by atoms with Gasteiger partial charge in [-0.15, -0.1) is 0 Å². The van der Waals surface area contributed by atoms with E-state index in [0.29, 0.717) is 25.9 Å². The van der Waals surface area contributed by atoms with Crippen LogP contribution in [-0.4, -0.2) is 58.3 Å². The van der Waals surface area contributed by atoms with Crippen LogP contribution >= 0.6 is 0 Å². The van der Waals surface area contributed by atoms with Crippen LogP contribution in [0.25, 0.3) is 0 Å². The number of benzene rings is 2. The fourth-order valence-corrected chi connectivity index (χ4v) is 3.56. The van der Waals surface area contributed by atoms with Crippen molar-refractivity contribution in [2.75, 3.05) is 52.4 Å². The molecule has 150 valence electrons.